The van der Waals surface area contributed by atoms with Crippen molar-refractivity contribution < 1.29 is 0 Å². The van der Waals surface area contributed by atoms with E-state index in [2.05, 4.69) is 59.0 Å². The van der Waals surface area contributed by atoms with Crippen LogP contribution in [0.15, 0.2) is 12.1 Å². The van der Waals surface area contributed by atoms with Crippen molar-refractivity contribution in [3.63, 3.8) is 0 Å². The number of aryl methyl sites for hydroxylation is 3. The van der Waals surface area contributed by atoms with Gasteiger partial charge < -0.3 is 5.32 Å². The molecule has 1 heteroatoms. The first-order valence-corrected chi connectivity index (χ1v) is 8.12. The van der Waals surface area contributed by atoms with E-state index < -0.39 is 0 Å². The van der Waals surface area contributed by atoms with Gasteiger partial charge in [-0.15, -0.1) is 0 Å². The van der Waals surface area contributed by atoms with Gasteiger partial charge in [-0.2, -0.15) is 0 Å². The Labute approximate surface area is 125 Å². The van der Waals surface area contributed by atoms with Crippen molar-refractivity contribution in [3.05, 3.63) is 34.4 Å². The average Bonchev–Trinajstić information content (AvgIpc) is 3.15. The van der Waals surface area contributed by atoms with Crippen LogP contribution >= 0.6 is 0 Å². The van der Waals surface area contributed by atoms with Crippen molar-refractivity contribution in [1.82, 2.24) is 5.32 Å². The van der Waals surface area contributed by atoms with Gasteiger partial charge in [-0.25, -0.2) is 0 Å². The maximum Gasteiger partial charge on any atom is 0.00134 e. The molecule has 1 nitrogen and oxygen atoms in total. The highest BCUT2D eigenvalue weighted by Crippen LogP contribution is 2.47. The van der Waals surface area contributed by atoms with Crippen LogP contribution in [0.2, 0.25) is 0 Å². The standard InChI is InChI=1S/C19H31N/c1-13(2)20-12-19(6,17-7-8-17)11-18-15(4)9-14(3)10-16(18)5/h9-10,13,17,20H,7-8,11-12H2,1-6H3. The molecular formula is C19H31N. The fourth-order valence-corrected chi connectivity index (χ4v) is 3.46. The zero-order chi connectivity index (χ0) is 14.9. The van der Waals surface area contributed by atoms with E-state index in [9.17, 15) is 0 Å². The number of hydrogen-bond acceptors (Lipinski definition) is 1. The molecule has 0 amide bonds. The molecule has 20 heavy (non-hydrogen) atoms. The van der Waals surface area contributed by atoms with Crippen LogP contribution < -0.4 is 5.32 Å². The molecule has 1 unspecified atom stereocenters. The normalized spacial score (nSPS) is 18.4. The summed E-state index contributed by atoms with van der Waals surface area (Å²) in [5, 5.41) is 3.68. The summed E-state index contributed by atoms with van der Waals surface area (Å²) in [7, 11) is 0. The number of rotatable bonds is 6. The summed E-state index contributed by atoms with van der Waals surface area (Å²) < 4.78 is 0. The molecule has 0 bridgehead atoms. The maximum absolute atomic E-state index is 3.68. The molecule has 1 aromatic rings. The van der Waals surface area contributed by atoms with Crippen molar-refractivity contribution >= 4 is 0 Å². The van der Waals surface area contributed by atoms with E-state index in [1.807, 2.05) is 0 Å². The van der Waals surface area contributed by atoms with Crippen molar-refractivity contribution in [1.29, 1.82) is 0 Å². The molecule has 1 aliphatic rings. The molecule has 1 N–H and O–H groups in total. The van der Waals surface area contributed by atoms with E-state index in [1.54, 1.807) is 5.56 Å². The molecule has 1 fully saturated rings. The van der Waals surface area contributed by atoms with E-state index in [-0.39, 0.29) is 0 Å². The first kappa shape index (κ1) is 15.6. The third-order valence-corrected chi connectivity index (χ3v) is 4.90. The van der Waals surface area contributed by atoms with E-state index in [4.69, 9.17) is 0 Å². The van der Waals surface area contributed by atoms with Crippen molar-refractivity contribution in [2.75, 3.05) is 6.54 Å². The Bertz CT molecular complexity index is 448. The molecule has 1 saturated carbocycles. The lowest BCUT2D eigenvalue weighted by Gasteiger charge is -2.33. The van der Waals surface area contributed by atoms with Crippen molar-refractivity contribution in [2.45, 2.75) is 66.8 Å². The molecule has 2 rings (SSSR count). The van der Waals surface area contributed by atoms with Crippen LogP contribution in [0.25, 0.3) is 0 Å². The van der Waals surface area contributed by atoms with Crippen LogP contribution in [-0.2, 0) is 6.42 Å². The summed E-state index contributed by atoms with van der Waals surface area (Å²) in [6.45, 7) is 14.9. The Balaban J connectivity index is 2.20. The fraction of sp³-hybridized carbons (Fsp3) is 0.684. The van der Waals surface area contributed by atoms with Gasteiger partial charge in [0.2, 0.25) is 0 Å². The molecule has 112 valence electrons. The molecule has 1 aliphatic carbocycles. The fourth-order valence-electron chi connectivity index (χ4n) is 3.46. The van der Waals surface area contributed by atoms with E-state index >= 15 is 0 Å². The van der Waals surface area contributed by atoms with Crippen molar-refractivity contribution in [2.24, 2.45) is 11.3 Å². The second-order valence-electron chi connectivity index (χ2n) is 7.52. The minimum atomic E-state index is 0.412. The predicted molar refractivity (Wildman–Crippen MR) is 88.3 cm³/mol. The quantitative estimate of drug-likeness (QED) is 0.800. The number of nitrogens with one attached hydrogen (secondary N) is 1. The topological polar surface area (TPSA) is 12.0 Å². The van der Waals surface area contributed by atoms with Crippen LogP contribution in [0, 0.1) is 32.1 Å². The molecule has 0 spiro atoms. The summed E-state index contributed by atoms with van der Waals surface area (Å²) in [5.74, 6) is 0.911. The highest BCUT2D eigenvalue weighted by Gasteiger charge is 2.41. The number of hydrogen-bond donors (Lipinski definition) is 1. The largest absolute Gasteiger partial charge is 0.314 e. The van der Waals surface area contributed by atoms with Gasteiger partial charge in [0.15, 0.2) is 0 Å². The molecule has 1 atom stereocenters. The number of benzene rings is 1. The average molecular weight is 273 g/mol. The predicted octanol–water partition coefficient (Wildman–Crippen LogP) is 4.57. The molecule has 0 aromatic heterocycles. The third-order valence-electron chi connectivity index (χ3n) is 4.90. The lowest BCUT2D eigenvalue weighted by Crippen LogP contribution is -2.39. The van der Waals surface area contributed by atoms with Gasteiger partial charge in [-0.1, -0.05) is 38.5 Å². The van der Waals surface area contributed by atoms with Crippen LogP contribution in [0.5, 0.6) is 0 Å². The summed E-state index contributed by atoms with van der Waals surface area (Å²) >= 11 is 0. The van der Waals surface area contributed by atoms with Gasteiger partial charge in [0.25, 0.3) is 0 Å². The summed E-state index contributed by atoms with van der Waals surface area (Å²) in [4.78, 5) is 0. The SMILES string of the molecule is Cc1cc(C)c(CC(C)(CNC(C)C)C2CC2)c(C)c1. The molecule has 1 aromatic carbocycles. The Kier molecular flexibility index (Phi) is 4.59. The van der Waals surface area contributed by atoms with Gasteiger partial charge in [0, 0.05) is 12.6 Å². The van der Waals surface area contributed by atoms with E-state index in [0.29, 0.717) is 11.5 Å². The zero-order valence-electron chi connectivity index (χ0n) is 14.1. The highest BCUT2D eigenvalue weighted by atomic mass is 14.9. The highest BCUT2D eigenvalue weighted by molar-refractivity contribution is 5.38. The summed E-state index contributed by atoms with van der Waals surface area (Å²) in [6, 6.07) is 5.25. The Morgan fingerprint density at radius 2 is 1.70 bits per heavy atom. The van der Waals surface area contributed by atoms with Crippen LogP contribution in [0.3, 0.4) is 0 Å². The lowest BCUT2D eigenvalue weighted by atomic mass is 9.76. The Morgan fingerprint density at radius 1 is 1.15 bits per heavy atom. The van der Waals surface area contributed by atoms with Gasteiger partial charge in [0.1, 0.15) is 0 Å². The first-order valence-electron chi connectivity index (χ1n) is 8.12. The minimum absolute atomic E-state index is 0.412. The lowest BCUT2D eigenvalue weighted by molar-refractivity contribution is 0.247. The second kappa shape index (κ2) is 5.89. The maximum atomic E-state index is 3.68. The summed E-state index contributed by atoms with van der Waals surface area (Å²) in [5.41, 5.74) is 6.32. The molecule has 0 saturated heterocycles. The van der Waals surface area contributed by atoms with Crippen LogP contribution in [0.1, 0.15) is 55.9 Å². The summed E-state index contributed by atoms with van der Waals surface area (Å²) in [6.07, 6.45) is 4.05. The van der Waals surface area contributed by atoms with Gasteiger partial charge >= 0.3 is 0 Å². The molecule has 0 aliphatic heterocycles. The Morgan fingerprint density at radius 3 is 2.15 bits per heavy atom. The second-order valence-corrected chi connectivity index (χ2v) is 7.52. The van der Waals surface area contributed by atoms with E-state index in [0.717, 1.165) is 12.5 Å². The zero-order valence-corrected chi connectivity index (χ0v) is 14.1. The smallest absolute Gasteiger partial charge is 0.00134 e. The van der Waals surface area contributed by atoms with Crippen molar-refractivity contribution in [3.8, 4) is 0 Å². The van der Waals surface area contributed by atoms with E-state index in [1.165, 1.54) is 36.0 Å². The van der Waals surface area contributed by atoms with Gasteiger partial charge in [-0.3, -0.25) is 0 Å². The van der Waals surface area contributed by atoms with Crippen LogP contribution in [0.4, 0.5) is 0 Å². The minimum Gasteiger partial charge on any atom is -0.314 e. The van der Waals surface area contributed by atoms with Gasteiger partial charge in [0.05, 0.1) is 0 Å². The van der Waals surface area contributed by atoms with Crippen LogP contribution in [-0.4, -0.2) is 12.6 Å². The van der Waals surface area contributed by atoms with Gasteiger partial charge in [-0.05, 0) is 68.1 Å². The molecule has 0 heterocycles. The molecular weight excluding hydrogens is 242 g/mol. The first-order chi connectivity index (χ1) is 9.32. The third kappa shape index (κ3) is 3.63. The monoisotopic (exact) mass is 273 g/mol. The Hall–Kier alpha value is -0.820. The molecule has 0 radical (unpaired) electrons.